The van der Waals surface area contributed by atoms with Gasteiger partial charge in [0.05, 0.1) is 43.5 Å². The highest BCUT2D eigenvalue weighted by atomic mass is 127. The summed E-state index contributed by atoms with van der Waals surface area (Å²) in [6.45, 7) is 5.42. The molecule has 0 spiro atoms. The maximum Gasteiger partial charge on any atom is 0.308 e. The lowest BCUT2D eigenvalue weighted by atomic mass is 9.78. The summed E-state index contributed by atoms with van der Waals surface area (Å²) in [6.07, 6.45) is -4.05. The molecule has 0 saturated carbocycles. The number of allylic oxidation sites excluding steroid dienone is 1. The van der Waals surface area contributed by atoms with Gasteiger partial charge in [-0.2, -0.15) is 0 Å². The van der Waals surface area contributed by atoms with Crippen LogP contribution in [0.4, 0.5) is 0 Å². The van der Waals surface area contributed by atoms with E-state index >= 15 is 0 Å². The quantitative estimate of drug-likeness (QED) is 0.148. The predicted molar refractivity (Wildman–Crippen MR) is 127 cm³/mol. The Bertz CT molecular complexity index is 722. The molecule has 0 aromatic heterocycles. The van der Waals surface area contributed by atoms with E-state index in [1.165, 1.54) is 7.11 Å². The Morgan fingerprint density at radius 3 is 2.58 bits per heavy atom. The van der Waals surface area contributed by atoms with Crippen LogP contribution in [0, 0.1) is 0 Å². The maximum absolute atomic E-state index is 11.7. The fourth-order valence-corrected chi connectivity index (χ4v) is 6.11. The van der Waals surface area contributed by atoms with E-state index in [9.17, 15) is 25.2 Å². The first-order valence-corrected chi connectivity index (χ1v) is 12.7. The van der Waals surface area contributed by atoms with Crippen LogP contribution < -0.4 is 0 Å². The van der Waals surface area contributed by atoms with Crippen molar-refractivity contribution >= 4 is 40.2 Å². The normalized spacial score (nSPS) is 41.3. The fourth-order valence-electron chi connectivity index (χ4n) is 5.02. The zero-order valence-electron chi connectivity index (χ0n) is 18.9. The lowest BCUT2D eigenvalue weighted by Gasteiger charge is -2.54. The SMILES string of the molecule is C=C(I)CC(Cl)CC[C@]1(C)OC2C[C@@H](OC3CCC(CC(=O)OC)O[C@@H]32)C(O)C(O)(O)C1O. The molecule has 3 saturated heterocycles. The Kier molecular flexibility index (Phi) is 9.11. The van der Waals surface area contributed by atoms with Crippen LogP contribution in [-0.4, -0.2) is 93.0 Å². The first kappa shape index (κ1) is 27.5. The van der Waals surface area contributed by atoms with Gasteiger partial charge in [-0.15, -0.1) is 11.6 Å². The van der Waals surface area contributed by atoms with Crippen molar-refractivity contribution in [3.05, 3.63) is 10.2 Å². The first-order chi connectivity index (χ1) is 15.4. The molecule has 3 rings (SSSR count). The maximum atomic E-state index is 11.7. The molecule has 3 fully saturated rings. The third-order valence-electron chi connectivity index (χ3n) is 6.88. The highest BCUT2D eigenvalue weighted by Gasteiger charge is 2.60. The fraction of sp³-hybridized carbons (Fsp3) is 0.864. The van der Waals surface area contributed by atoms with Gasteiger partial charge in [0, 0.05) is 11.8 Å². The van der Waals surface area contributed by atoms with E-state index in [1.807, 2.05) is 0 Å². The van der Waals surface area contributed by atoms with Crippen molar-refractivity contribution in [3.63, 3.8) is 0 Å². The highest BCUT2D eigenvalue weighted by Crippen LogP contribution is 2.43. The summed E-state index contributed by atoms with van der Waals surface area (Å²) in [5.74, 6) is -3.23. The average Bonchev–Trinajstić information content (AvgIpc) is 2.75. The molecule has 33 heavy (non-hydrogen) atoms. The number of halogens is 2. The van der Waals surface area contributed by atoms with Crippen molar-refractivity contribution in [1.82, 2.24) is 0 Å². The highest BCUT2D eigenvalue weighted by molar-refractivity contribution is 14.1. The topological polar surface area (TPSA) is 135 Å². The van der Waals surface area contributed by atoms with Crippen LogP contribution >= 0.6 is 34.2 Å². The molecule has 0 aromatic carbocycles. The van der Waals surface area contributed by atoms with E-state index in [0.717, 1.165) is 3.58 Å². The van der Waals surface area contributed by atoms with Crippen LogP contribution in [0.5, 0.6) is 0 Å². The van der Waals surface area contributed by atoms with Crippen LogP contribution in [-0.2, 0) is 23.7 Å². The molecule has 4 N–H and O–H groups in total. The zero-order valence-corrected chi connectivity index (χ0v) is 21.8. The molecule has 0 amide bonds. The Morgan fingerprint density at radius 1 is 1.24 bits per heavy atom. The van der Waals surface area contributed by atoms with Gasteiger partial charge in [-0.3, -0.25) is 4.79 Å². The minimum atomic E-state index is -2.85. The van der Waals surface area contributed by atoms with Gasteiger partial charge in [-0.25, -0.2) is 0 Å². The van der Waals surface area contributed by atoms with Crippen LogP contribution in [0.1, 0.15) is 51.9 Å². The lowest BCUT2D eigenvalue weighted by Crippen LogP contribution is -2.71. The minimum Gasteiger partial charge on any atom is -0.469 e. The summed E-state index contributed by atoms with van der Waals surface area (Å²) >= 11 is 8.50. The van der Waals surface area contributed by atoms with Gasteiger partial charge in [-0.1, -0.05) is 6.58 Å². The van der Waals surface area contributed by atoms with Crippen LogP contribution in [0.25, 0.3) is 0 Å². The monoisotopic (exact) mass is 604 g/mol. The summed E-state index contributed by atoms with van der Waals surface area (Å²) in [6, 6.07) is 0. The number of carbonyl (C=O) groups is 1. The van der Waals surface area contributed by atoms with Crippen molar-refractivity contribution in [3.8, 4) is 0 Å². The summed E-state index contributed by atoms with van der Waals surface area (Å²) in [4.78, 5) is 11.7. The Morgan fingerprint density at radius 2 is 1.94 bits per heavy atom. The molecule has 11 heteroatoms. The molecular formula is C22H34ClIO9. The molecule has 0 radical (unpaired) electrons. The molecular weight excluding hydrogens is 571 g/mol. The van der Waals surface area contributed by atoms with Crippen LogP contribution in [0.15, 0.2) is 10.2 Å². The molecule has 3 aliphatic rings. The van der Waals surface area contributed by atoms with E-state index in [0.29, 0.717) is 25.7 Å². The number of fused-ring (bicyclic) bond motifs is 4. The first-order valence-electron chi connectivity index (χ1n) is 11.2. The third-order valence-corrected chi connectivity index (χ3v) is 7.69. The van der Waals surface area contributed by atoms with Crippen molar-refractivity contribution in [1.29, 1.82) is 0 Å². The number of hydrogen-bond donors (Lipinski definition) is 4. The minimum absolute atomic E-state index is 0.100. The molecule has 9 nitrogen and oxygen atoms in total. The average molecular weight is 605 g/mol. The molecule has 3 aliphatic heterocycles. The van der Waals surface area contributed by atoms with Gasteiger partial charge in [0.1, 0.15) is 18.3 Å². The van der Waals surface area contributed by atoms with Crippen molar-refractivity contribution < 1.29 is 44.2 Å². The lowest BCUT2D eigenvalue weighted by molar-refractivity contribution is -0.371. The van der Waals surface area contributed by atoms with Gasteiger partial charge < -0.3 is 39.4 Å². The second-order valence-corrected chi connectivity index (χ2v) is 11.6. The zero-order chi connectivity index (χ0) is 24.6. The van der Waals surface area contributed by atoms with Crippen LogP contribution in [0.2, 0.25) is 0 Å². The second-order valence-electron chi connectivity index (χ2n) is 9.49. The van der Waals surface area contributed by atoms with Gasteiger partial charge >= 0.3 is 5.97 Å². The van der Waals surface area contributed by atoms with Crippen molar-refractivity contribution in [2.24, 2.45) is 0 Å². The number of hydrogen-bond acceptors (Lipinski definition) is 9. The molecule has 190 valence electrons. The Balaban J connectivity index is 1.83. The van der Waals surface area contributed by atoms with Gasteiger partial charge in [0.2, 0.25) is 5.79 Å². The summed E-state index contributed by atoms with van der Waals surface area (Å²) < 4.78 is 24.1. The Hall–Kier alpha value is -0.0500. The van der Waals surface area contributed by atoms with Gasteiger partial charge in [0.15, 0.2) is 0 Å². The van der Waals surface area contributed by atoms with E-state index in [1.54, 1.807) is 6.92 Å². The number of aliphatic hydroxyl groups is 4. The number of ether oxygens (including phenoxy) is 4. The molecule has 6 unspecified atom stereocenters. The number of esters is 1. The molecule has 3 heterocycles. The van der Waals surface area contributed by atoms with E-state index in [4.69, 9.17) is 30.5 Å². The summed E-state index contributed by atoms with van der Waals surface area (Å²) in [7, 11) is 1.32. The van der Waals surface area contributed by atoms with E-state index in [-0.39, 0.29) is 36.7 Å². The van der Waals surface area contributed by atoms with Crippen molar-refractivity contribution in [2.75, 3.05) is 7.11 Å². The van der Waals surface area contributed by atoms with E-state index < -0.39 is 48.0 Å². The van der Waals surface area contributed by atoms with E-state index in [2.05, 4.69) is 29.2 Å². The molecule has 9 atom stereocenters. The number of aliphatic hydroxyl groups excluding tert-OH is 2. The second kappa shape index (κ2) is 10.9. The number of alkyl halides is 1. The number of rotatable bonds is 7. The summed E-state index contributed by atoms with van der Waals surface area (Å²) in [5.41, 5.74) is -1.44. The molecule has 2 bridgehead atoms. The predicted octanol–water partition coefficient (Wildman–Crippen LogP) is 1.54. The van der Waals surface area contributed by atoms with Gasteiger partial charge in [0.25, 0.3) is 0 Å². The number of methoxy groups -OCH3 is 1. The van der Waals surface area contributed by atoms with Gasteiger partial charge in [-0.05, 0) is 65.2 Å². The Labute approximate surface area is 212 Å². The largest absolute Gasteiger partial charge is 0.469 e. The standard InChI is InChI=1S/C22H34ClIO9/c1-11(24)8-12(23)6-7-21(2)20(27)22(28,29)19(26)16-10-15(33-21)18-14(32-16)5-4-13(31-18)9-17(25)30-3/h12-16,18-20,26-29H,1,4-10H2,2-3H3/t12?,13?,14?,15?,16-,18+,19?,20?,21+/m1/s1. The smallest absolute Gasteiger partial charge is 0.308 e. The number of carbonyl (C=O) groups excluding carboxylic acids is 1. The molecule has 0 aliphatic carbocycles. The third kappa shape index (κ3) is 6.21. The van der Waals surface area contributed by atoms with Crippen molar-refractivity contribution in [2.45, 2.75) is 111 Å². The molecule has 0 aromatic rings. The van der Waals surface area contributed by atoms with Crippen LogP contribution in [0.3, 0.4) is 0 Å². The summed E-state index contributed by atoms with van der Waals surface area (Å²) in [5, 5.41) is 42.9.